The fraction of sp³-hybridized carbons (Fsp3) is 0.467. The molecule has 0 aliphatic carbocycles. The normalized spacial score (nSPS) is 14.2. The molecule has 0 radical (unpaired) electrons. The van der Waals surface area contributed by atoms with Gasteiger partial charge < -0.3 is 9.64 Å². The van der Waals surface area contributed by atoms with Crippen LogP contribution in [0.1, 0.15) is 19.7 Å². The van der Waals surface area contributed by atoms with Gasteiger partial charge in [-0.1, -0.05) is 13.8 Å². The lowest BCUT2D eigenvalue weighted by Gasteiger charge is -2.31. The van der Waals surface area contributed by atoms with E-state index in [-0.39, 0.29) is 5.82 Å². The molecule has 112 valence electrons. The van der Waals surface area contributed by atoms with Crippen molar-refractivity contribution in [3.63, 3.8) is 0 Å². The molecule has 0 atom stereocenters. The van der Waals surface area contributed by atoms with Gasteiger partial charge in [0.1, 0.15) is 30.3 Å². The summed E-state index contributed by atoms with van der Waals surface area (Å²) in [5.41, 5.74) is 0.778. The van der Waals surface area contributed by atoms with Gasteiger partial charge in [-0.15, -0.1) is 0 Å². The summed E-state index contributed by atoms with van der Waals surface area (Å²) >= 11 is 0. The molecular formula is C15H19FN4O. The Morgan fingerprint density at radius 3 is 3.05 bits per heavy atom. The third kappa shape index (κ3) is 2.99. The molecule has 2 heterocycles. The Labute approximate surface area is 123 Å². The van der Waals surface area contributed by atoms with Crippen LogP contribution in [0.3, 0.4) is 0 Å². The van der Waals surface area contributed by atoms with Crippen LogP contribution in [0, 0.1) is 11.7 Å². The van der Waals surface area contributed by atoms with E-state index in [0.29, 0.717) is 25.6 Å². The Kier molecular flexibility index (Phi) is 3.77. The quantitative estimate of drug-likeness (QED) is 0.867. The second kappa shape index (κ2) is 5.71. The SMILES string of the molecule is CC(C)Cn1ncnc1CN1CCOc2ccc(F)cc21. The standard InChI is InChI=1S/C15H19FN4O/c1-11(2)8-20-15(17-10-18-20)9-19-5-6-21-14-4-3-12(16)7-13(14)19/h3-4,7,10-11H,5-6,8-9H2,1-2H3. The maximum atomic E-state index is 13.5. The largest absolute Gasteiger partial charge is 0.490 e. The minimum absolute atomic E-state index is 0.257. The molecule has 2 aromatic rings. The lowest BCUT2D eigenvalue weighted by molar-refractivity contribution is 0.304. The summed E-state index contributed by atoms with van der Waals surface area (Å²) in [7, 11) is 0. The van der Waals surface area contributed by atoms with Crippen molar-refractivity contribution in [1.29, 1.82) is 0 Å². The maximum absolute atomic E-state index is 13.5. The van der Waals surface area contributed by atoms with E-state index in [0.717, 1.165) is 23.8 Å². The topological polar surface area (TPSA) is 43.2 Å². The van der Waals surface area contributed by atoms with Crippen molar-refractivity contribution in [3.8, 4) is 5.75 Å². The zero-order valence-corrected chi connectivity index (χ0v) is 12.3. The van der Waals surface area contributed by atoms with Crippen molar-refractivity contribution >= 4 is 5.69 Å². The van der Waals surface area contributed by atoms with Gasteiger partial charge in [0.05, 0.1) is 18.8 Å². The second-order valence-corrected chi connectivity index (χ2v) is 5.63. The molecule has 0 N–H and O–H groups in total. The molecule has 0 bridgehead atoms. The van der Waals surface area contributed by atoms with Crippen molar-refractivity contribution < 1.29 is 9.13 Å². The van der Waals surface area contributed by atoms with Gasteiger partial charge in [0.15, 0.2) is 0 Å². The molecule has 0 fully saturated rings. The molecule has 0 saturated heterocycles. The van der Waals surface area contributed by atoms with Crippen LogP contribution in [-0.4, -0.2) is 27.9 Å². The Hall–Kier alpha value is -2.11. The van der Waals surface area contributed by atoms with Gasteiger partial charge in [0, 0.05) is 12.6 Å². The monoisotopic (exact) mass is 290 g/mol. The minimum atomic E-state index is -0.257. The highest BCUT2D eigenvalue weighted by Crippen LogP contribution is 2.32. The highest BCUT2D eigenvalue weighted by atomic mass is 19.1. The predicted molar refractivity (Wildman–Crippen MR) is 77.8 cm³/mol. The van der Waals surface area contributed by atoms with Crippen molar-refractivity contribution in [2.75, 3.05) is 18.1 Å². The van der Waals surface area contributed by atoms with Crippen LogP contribution >= 0.6 is 0 Å². The minimum Gasteiger partial charge on any atom is -0.490 e. The van der Waals surface area contributed by atoms with E-state index in [4.69, 9.17) is 4.74 Å². The van der Waals surface area contributed by atoms with Crippen molar-refractivity contribution in [2.45, 2.75) is 26.9 Å². The summed E-state index contributed by atoms with van der Waals surface area (Å²) in [5, 5.41) is 4.27. The number of nitrogens with zero attached hydrogens (tertiary/aromatic N) is 4. The maximum Gasteiger partial charge on any atom is 0.146 e. The fourth-order valence-electron chi connectivity index (χ4n) is 2.49. The molecule has 1 aromatic heterocycles. The number of fused-ring (bicyclic) bond motifs is 1. The Morgan fingerprint density at radius 1 is 1.38 bits per heavy atom. The average molecular weight is 290 g/mol. The van der Waals surface area contributed by atoms with Gasteiger partial charge in [-0.25, -0.2) is 14.1 Å². The molecule has 3 rings (SSSR count). The van der Waals surface area contributed by atoms with Crippen molar-refractivity contribution in [3.05, 3.63) is 36.2 Å². The third-order valence-corrected chi connectivity index (χ3v) is 3.45. The first-order chi connectivity index (χ1) is 10.1. The Balaban J connectivity index is 1.84. The van der Waals surface area contributed by atoms with E-state index < -0.39 is 0 Å². The predicted octanol–water partition coefficient (Wildman–Crippen LogP) is 2.47. The van der Waals surface area contributed by atoms with Gasteiger partial charge in [-0.05, 0) is 18.1 Å². The van der Waals surface area contributed by atoms with E-state index in [1.165, 1.54) is 12.1 Å². The average Bonchev–Trinajstić information content (AvgIpc) is 2.86. The van der Waals surface area contributed by atoms with Crippen molar-refractivity contribution in [1.82, 2.24) is 14.8 Å². The number of aromatic nitrogens is 3. The van der Waals surface area contributed by atoms with E-state index in [2.05, 4.69) is 28.8 Å². The number of halogens is 1. The van der Waals surface area contributed by atoms with Gasteiger partial charge in [0.25, 0.3) is 0 Å². The summed E-state index contributed by atoms with van der Waals surface area (Å²) in [6.07, 6.45) is 1.57. The lowest BCUT2D eigenvalue weighted by atomic mass is 10.2. The lowest BCUT2D eigenvalue weighted by Crippen LogP contribution is -2.33. The number of benzene rings is 1. The van der Waals surface area contributed by atoms with Crippen LogP contribution in [0.15, 0.2) is 24.5 Å². The second-order valence-electron chi connectivity index (χ2n) is 5.63. The van der Waals surface area contributed by atoms with E-state index in [1.807, 2.05) is 4.68 Å². The first kappa shape index (κ1) is 13.9. The summed E-state index contributed by atoms with van der Waals surface area (Å²) in [6.45, 7) is 7.03. The van der Waals surface area contributed by atoms with Gasteiger partial charge in [0.2, 0.25) is 0 Å². The highest BCUT2D eigenvalue weighted by Gasteiger charge is 2.20. The molecule has 0 spiro atoms. The molecule has 21 heavy (non-hydrogen) atoms. The number of rotatable bonds is 4. The molecule has 0 amide bonds. The molecule has 6 heteroatoms. The Morgan fingerprint density at radius 2 is 2.24 bits per heavy atom. The van der Waals surface area contributed by atoms with Crippen LogP contribution in [0.25, 0.3) is 0 Å². The first-order valence-electron chi connectivity index (χ1n) is 7.17. The summed E-state index contributed by atoms with van der Waals surface area (Å²) in [6, 6.07) is 4.61. The summed E-state index contributed by atoms with van der Waals surface area (Å²) < 4.78 is 21.0. The Bertz CT molecular complexity index is 626. The van der Waals surface area contributed by atoms with Crippen LogP contribution in [0.4, 0.5) is 10.1 Å². The van der Waals surface area contributed by atoms with E-state index in [1.54, 1.807) is 12.4 Å². The van der Waals surface area contributed by atoms with Crippen LogP contribution < -0.4 is 9.64 Å². The number of ether oxygens (including phenoxy) is 1. The van der Waals surface area contributed by atoms with Crippen LogP contribution in [0.5, 0.6) is 5.75 Å². The van der Waals surface area contributed by atoms with Gasteiger partial charge in [-0.3, -0.25) is 0 Å². The number of anilines is 1. The number of hydrogen-bond acceptors (Lipinski definition) is 4. The fourth-order valence-corrected chi connectivity index (χ4v) is 2.49. The van der Waals surface area contributed by atoms with Crippen LogP contribution in [-0.2, 0) is 13.1 Å². The smallest absolute Gasteiger partial charge is 0.146 e. The zero-order chi connectivity index (χ0) is 14.8. The molecule has 0 saturated carbocycles. The first-order valence-corrected chi connectivity index (χ1v) is 7.17. The summed E-state index contributed by atoms with van der Waals surface area (Å²) in [5.74, 6) is 1.85. The zero-order valence-electron chi connectivity index (χ0n) is 12.3. The molecule has 5 nitrogen and oxygen atoms in total. The number of hydrogen-bond donors (Lipinski definition) is 0. The summed E-state index contributed by atoms with van der Waals surface area (Å²) in [4.78, 5) is 6.42. The van der Waals surface area contributed by atoms with Crippen molar-refractivity contribution in [2.24, 2.45) is 5.92 Å². The molecular weight excluding hydrogens is 271 g/mol. The third-order valence-electron chi connectivity index (χ3n) is 3.45. The van der Waals surface area contributed by atoms with E-state index >= 15 is 0 Å². The molecule has 1 aliphatic heterocycles. The van der Waals surface area contributed by atoms with E-state index in [9.17, 15) is 4.39 Å². The molecule has 1 aliphatic rings. The van der Waals surface area contributed by atoms with Gasteiger partial charge >= 0.3 is 0 Å². The molecule has 0 unspecified atom stereocenters. The highest BCUT2D eigenvalue weighted by molar-refractivity contribution is 5.59. The molecule has 1 aromatic carbocycles. The van der Waals surface area contributed by atoms with Crippen LogP contribution in [0.2, 0.25) is 0 Å². The van der Waals surface area contributed by atoms with Gasteiger partial charge in [-0.2, -0.15) is 5.10 Å².